The third-order valence-corrected chi connectivity index (χ3v) is 2.99. The number of halogens is 1. The van der Waals surface area contributed by atoms with E-state index >= 15 is 0 Å². The van der Waals surface area contributed by atoms with E-state index < -0.39 is 0 Å². The highest BCUT2D eigenvalue weighted by Crippen LogP contribution is 2.15. The second kappa shape index (κ2) is 4.86. The SMILES string of the molecule is Cc1cc(C)n(Cc2cccc(C(N)=S)c2F)n1. The molecule has 0 fully saturated rings. The van der Waals surface area contributed by atoms with E-state index in [4.69, 9.17) is 18.0 Å². The van der Waals surface area contributed by atoms with Crippen molar-refractivity contribution >= 4 is 17.2 Å². The highest BCUT2D eigenvalue weighted by molar-refractivity contribution is 7.80. The summed E-state index contributed by atoms with van der Waals surface area (Å²) in [4.78, 5) is 0.0720. The van der Waals surface area contributed by atoms with Crippen molar-refractivity contribution in [1.29, 1.82) is 0 Å². The van der Waals surface area contributed by atoms with Crippen molar-refractivity contribution in [3.8, 4) is 0 Å². The highest BCUT2D eigenvalue weighted by Gasteiger charge is 2.11. The zero-order chi connectivity index (χ0) is 13.3. The standard InChI is InChI=1S/C13H14FN3S/c1-8-6-9(2)17(16-8)7-10-4-3-5-11(12(10)14)13(15)18/h3-6H,7H2,1-2H3,(H2,15,18). The lowest BCUT2D eigenvalue weighted by molar-refractivity contribution is 0.577. The van der Waals surface area contributed by atoms with Crippen molar-refractivity contribution in [2.75, 3.05) is 0 Å². The summed E-state index contributed by atoms with van der Waals surface area (Å²) in [6.45, 7) is 4.22. The summed E-state index contributed by atoms with van der Waals surface area (Å²) >= 11 is 4.82. The number of aromatic nitrogens is 2. The average molecular weight is 263 g/mol. The molecular formula is C13H14FN3S. The van der Waals surface area contributed by atoms with Crippen LogP contribution in [-0.4, -0.2) is 14.8 Å². The van der Waals surface area contributed by atoms with Gasteiger partial charge in [-0.1, -0.05) is 24.4 Å². The molecule has 0 unspecified atom stereocenters. The van der Waals surface area contributed by atoms with Gasteiger partial charge in [0, 0.05) is 16.8 Å². The van der Waals surface area contributed by atoms with E-state index in [1.54, 1.807) is 22.9 Å². The van der Waals surface area contributed by atoms with Gasteiger partial charge in [-0.05, 0) is 26.0 Å². The van der Waals surface area contributed by atoms with Crippen LogP contribution in [0, 0.1) is 19.7 Å². The number of aryl methyl sites for hydroxylation is 2. The van der Waals surface area contributed by atoms with E-state index in [0.29, 0.717) is 12.1 Å². The summed E-state index contributed by atoms with van der Waals surface area (Å²) in [5.41, 5.74) is 8.20. The minimum atomic E-state index is -0.363. The third-order valence-electron chi connectivity index (χ3n) is 2.77. The molecule has 1 aromatic carbocycles. The summed E-state index contributed by atoms with van der Waals surface area (Å²) in [5, 5.41) is 4.31. The third kappa shape index (κ3) is 2.41. The number of hydrogen-bond acceptors (Lipinski definition) is 2. The molecule has 3 nitrogen and oxygen atoms in total. The van der Waals surface area contributed by atoms with Gasteiger partial charge in [0.1, 0.15) is 10.8 Å². The minimum Gasteiger partial charge on any atom is -0.389 e. The van der Waals surface area contributed by atoms with E-state index in [9.17, 15) is 4.39 Å². The number of nitrogens with two attached hydrogens (primary N) is 1. The Hall–Kier alpha value is -1.75. The van der Waals surface area contributed by atoms with Crippen molar-refractivity contribution in [3.63, 3.8) is 0 Å². The van der Waals surface area contributed by atoms with Gasteiger partial charge in [-0.15, -0.1) is 0 Å². The number of hydrogen-bond donors (Lipinski definition) is 1. The van der Waals surface area contributed by atoms with Gasteiger partial charge in [0.25, 0.3) is 0 Å². The van der Waals surface area contributed by atoms with E-state index in [1.165, 1.54) is 0 Å². The first-order chi connectivity index (χ1) is 8.49. The van der Waals surface area contributed by atoms with Crippen molar-refractivity contribution in [3.05, 3.63) is 52.6 Å². The lowest BCUT2D eigenvalue weighted by atomic mass is 10.1. The number of nitrogens with zero attached hydrogens (tertiary/aromatic N) is 2. The van der Waals surface area contributed by atoms with Crippen molar-refractivity contribution in [2.45, 2.75) is 20.4 Å². The summed E-state index contributed by atoms with van der Waals surface area (Å²) < 4.78 is 15.9. The Labute approximate surface area is 110 Å². The van der Waals surface area contributed by atoms with Crippen molar-refractivity contribution in [2.24, 2.45) is 5.73 Å². The largest absolute Gasteiger partial charge is 0.389 e. The normalized spacial score (nSPS) is 10.6. The predicted octanol–water partition coefficient (Wildman–Crippen LogP) is 2.32. The molecule has 1 aromatic heterocycles. The summed E-state index contributed by atoms with van der Waals surface area (Å²) in [6, 6.07) is 7.00. The summed E-state index contributed by atoms with van der Waals surface area (Å²) in [6.07, 6.45) is 0. The molecule has 2 N–H and O–H groups in total. The predicted molar refractivity (Wildman–Crippen MR) is 73.1 cm³/mol. The van der Waals surface area contributed by atoms with Gasteiger partial charge in [-0.3, -0.25) is 4.68 Å². The Balaban J connectivity index is 2.38. The van der Waals surface area contributed by atoms with Gasteiger partial charge < -0.3 is 5.73 Å². The molecule has 0 saturated carbocycles. The number of thiocarbonyl (C=S) groups is 1. The molecule has 0 amide bonds. The van der Waals surface area contributed by atoms with Crippen LogP contribution >= 0.6 is 12.2 Å². The number of benzene rings is 1. The van der Waals surface area contributed by atoms with Gasteiger partial charge in [0.2, 0.25) is 0 Å². The van der Waals surface area contributed by atoms with Gasteiger partial charge in [-0.25, -0.2) is 4.39 Å². The van der Waals surface area contributed by atoms with Crippen molar-refractivity contribution < 1.29 is 4.39 Å². The molecule has 0 aliphatic carbocycles. The Morgan fingerprint density at radius 1 is 1.44 bits per heavy atom. The first kappa shape index (κ1) is 12.7. The van der Waals surface area contributed by atoms with Crippen LogP contribution in [0.15, 0.2) is 24.3 Å². The molecule has 0 saturated heterocycles. The molecule has 5 heteroatoms. The first-order valence-electron chi connectivity index (χ1n) is 5.57. The molecule has 94 valence electrons. The molecular weight excluding hydrogens is 249 g/mol. The Bertz CT molecular complexity index is 604. The maximum atomic E-state index is 14.1. The molecule has 0 spiro atoms. The fourth-order valence-electron chi connectivity index (χ4n) is 1.89. The summed E-state index contributed by atoms with van der Waals surface area (Å²) in [7, 11) is 0. The van der Waals surface area contributed by atoms with Gasteiger partial charge in [0.05, 0.1) is 12.2 Å². The van der Waals surface area contributed by atoms with E-state index in [-0.39, 0.29) is 16.4 Å². The molecule has 2 rings (SSSR count). The molecule has 0 radical (unpaired) electrons. The van der Waals surface area contributed by atoms with Crippen LogP contribution in [0.2, 0.25) is 0 Å². The monoisotopic (exact) mass is 263 g/mol. The Morgan fingerprint density at radius 2 is 2.17 bits per heavy atom. The van der Waals surface area contributed by atoms with Crippen LogP contribution in [0.3, 0.4) is 0 Å². The smallest absolute Gasteiger partial charge is 0.138 e. The lowest BCUT2D eigenvalue weighted by Crippen LogP contribution is -2.14. The second-order valence-corrected chi connectivity index (χ2v) is 4.67. The molecule has 0 atom stereocenters. The van der Waals surface area contributed by atoms with Crippen LogP contribution in [0.1, 0.15) is 22.5 Å². The molecule has 18 heavy (non-hydrogen) atoms. The molecule has 0 aliphatic rings. The van der Waals surface area contributed by atoms with Crippen LogP contribution < -0.4 is 5.73 Å². The Morgan fingerprint density at radius 3 is 2.72 bits per heavy atom. The maximum Gasteiger partial charge on any atom is 0.138 e. The first-order valence-corrected chi connectivity index (χ1v) is 5.98. The van der Waals surface area contributed by atoms with Gasteiger partial charge >= 0.3 is 0 Å². The van der Waals surface area contributed by atoms with E-state index in [1.807, 2.05) is 19.9 Å². The Kier molecular flexibility index (Phi) is 3.43. The lowest BCUT2D eigenvalue weighted by Gasteiger charge is -2.08. The molecule has 0 bridgehead atoms. The molecule has 2 aromatic rings. The zero-order valence-electron chi connectivity index (χ0n) is 10.3. The average Bonchev–Trinajstić information content (AvgIpc) is 2.60. The van der Waals surface area contributed by atoms with E-state index in [2.05, 4.69) is 5.10 Å². The molecule has 1 heterocycles. The van der Waals surface area contributed by atoms with Crippen LogP contribution in [0.5, 0.6) is 0 Å². The van der Waals surface area contributed by atoms with E-state index in [0.717, 1.165) is 11.4 Å². The highest BCUT2D eigenvalue weighted by atomic mass is 32.1. The second-order valence-electron chi connectivity index (χ2n) is 4.23. The minimum absolute atomic E-state index is 0.0720. The van der Waals surface area contributed by atoms with Crippen LogP contribution in [0.25, 0.3) is 0 Å². The van der Waals surface area contributed by atoms with Crippen LogP contribution in [-0.2, 0) is 6.54 Å². The number of rotatable bonds is 3. The topological polar surface area (TPSA) is 43.8 Å². The quantitative estimate of drug-likeness (QED) is 0.864. The van der Waals surface area contributed by atoms with Crippen molar-refractivity contribution in [1.82, 2.24) is 9.78 Å². The fraction of sp³-hybridized carbons (Fsp3) is 0.231. The van der Waals surface area contributed by atoms with Crippen LogP contribution in [0.4, 0.5) is 4.39 Å². The fourth-order valence-corrected chi connectivity index (χ4v) is 2.05. The zero-order valence-corrected chi connectivity index (χ0v) is 11.1. The van der Waals surface area contributed by atoms with Gasteiger partial charge in [0.15, 0.2) is 0 Å². The maximum absolute atomic E-state index is 14.1. The summed E-state index contributed by atoms with van der Waals surface area (Å²) in [5.74, 6) is -0.363. The van der Waals surface area contributed by atoms with Gasteiger partial charge in [-0.2, -0.15) is 5.10 Å². The molecule has 0 aliphatic heterocycles.